The Balaban J connectivity index is 1.72. The molecular weight excluding hydrogens is 296 g/mol. The second-order valence-corrected chi connectivity index (χ2v) is 8.85. The van der Waals surface area contributed by atoms with Crippen LogP contribution in [0.25, 0.3) is 0 Å². The maximum atomic E-state index is 12.4. The third-order valence-electron chi connectivity index (χ3n) is 7.67. The number of hydrogen-bond donors (Lipinski definition) is 0. The predicted molar refractivity (Wildman–Crippen MR) is 96.5 cm³/mol. The third kappa shape index (κ3) is 2.40. The molecule has 0 N–H and O–H groups in total. The molecule has 0 unspecified atom stereocenters. The van der Waals surface area contributed by atoms with E-state index in [1.165, 1.54) is 51.4 Å². The van der Waals surface area contributed by atoms with Gasteiger partial charge in [-0.1, -0.05) is 36.6 Å². The topological polar surface area (TPSA) is 26.3 Å². The Morgan fingerprint density at radius 3 is 2.96 bits per heavy atom. The Labute approximate surface area is 146 Å². The SMILES string of the molecule is CCOC(=O)C[C@]12CCCC=C1CC[C@@H]1C2=CC[C@]2(C)CCC[C@@H]12. The number of carbonyl (C=O) groups excluding carboxylic acids is 1. The van der Waals surface area contributed by atoms with Crippen LogP contribution in [0.4, 0.5) is 0 Å². The van der Waals surface area contributed by atoms with Crippen LogP contribution in [0.1, 0.15) is 78.1 Å². The highest BCUT2D eigenvalue weighted by Gasteiger charge is 2.54. The first-order chi connectivity index (χ1) is 11.6. The van der Waals surface area contributed by atoms with Crippen molar-refractivity contribution in [3.8, 4) is 0 Å². The van der Waals surface area contributed by atoms with E-state index in [1.54, 1.807) is 11.1 Å². The Hall–Kier alpha value is -1.05. The quantitative estimate of drug-likeness (QED) is 0.499. The number of allylic oxidation sites excluding steroid dienone is 4. The van der Waals surface area contributed by atoms with Crippen LogP contribution in [0.2, 0.25) is 0 Å². The zero-order valence-electron chi connectivity index (χ0n) is 15.4. The zero-order valence-corrected chi connectivity index (χ0v) is 15.4. The van der Waals surface area contributed by atoms with E-state index in [4.69, 9.17) is 4.74 Å². The van der Waals surface area contributed by atoms with Gasteiger partial charge >= 0.3 is 5.97 Å². The number of rotatable bonds is 3. The molecule has 0 spiro atoms. The molecule has 0 aromatic heterocycles. The molecule has 0 bridgehead atoms. The van der Waals surface area contributed by atoms with Gasteiger partial charge in [-0.25, -0.2) is 0 Å². The van der Waals surface area contributed by atoms with Crippen molar-refractivity contribution in [2.24, 2.45) is 22.7 Å². The summed E-state index contributed by atoms with van der Waals surface area (Å²) >= 11 is 0. The lowest BCUT2D eigenvalue weighted by molar-refractivity contribution is -0.145. The maximum Gasteiger partial charge on any atom is 0.306 e. The normalized spacial score (nSPS) is 40.8. The molecule has 2 fully saturated rings. The summed E-state index contributed by atoms with van der Waals surface area (Å²) in [5.74, 6) is 1.57. The Bertz CT molecular complexity index is 587. The van der Waals surface area contributed by atoms with Gasteiger partial charge in [-0.05, 0) is 75.5 Å². The van der Waals surface area contributed by atoms with Crippen molar-refractivity contribution in [1.29, 1.82) is 0 Å². The van der Waals surface area contributed by atoms with Crippen LogP contribution in [0.3, 0.4) is 0 Å². The highest BCUT2D eigenvalue weighted by atomic mass is 16.5. The summed E-state index contributed by atoms with van der Waals surface area (Å²) in [4.78, 5) is 12.4. The van der Waals surface area contributed by atoms with Crippen LogP contribution in [-0.4, -0.2) is 12.6 Å². The number of carbonyl (C=O) groups is 1. The summed E-state index contributed by atoms with van der Waals surface area (Å²) in [6.45, 7) is 4.93. The molecule has 0 heterocycles. The van der Waals surface area contributed by atoms with Crippen molar-refractivity contribution >= 4 is 5.97 Å². The van der Waals surface area contributed by atoms with Crippen molar-refractivity contribution in [2.75, 3.05) is 6.61 Å². The first-order valence-electron chi connectivity index (χ1n) is 10.1. The zero-order chi connectivity index (χ0) is 16.8. The molecule has 2 nitrogen and oxygen atoms in total. The molecule has 0 radical (unpaired) electrons. The molecule has 4 aliphatic rings. The average Bonchev–Trinajstić information content (AvgIpc) is 2.96. The van der Waals surface area contributed by atoms with Crippen molar-refractivity contribution in [1.82, 2.24) is 0 Å². The third-order valence-corrected chi connectivity index (χ3v) is 7.67. The fraction of sp³-hybridized carbons (Fsp3) is 0.773. The number of hydrogen-bond acceptors (Lipinski definition) is 2. The highest BCUT2D eigenvalue weighted by Crippen LogP contribution is 2.64. The molecule has 0 aromatic rings. The summed E-state index contributed by atoms with van der Waals surface area (Å²) in [5.41, 5.74) is 3.73. The predicted octanol–water partition coefficient (Wildman–Crippen LogP) is 5.58. The maximum absolute atomic E-state index is 12.4. The van der Waals surface area contributed by atoms with E-state index in [0.717, 1.165) is 18.3 Å². The molecule has 24 heavy (non-hydrogen) atoms. The van der Waals surface area contributed by atoms with Crippen molar-refractivity contribution in [2.45, 2.75) is 78.1 Å². The smallest absolute Gasteiger partial charge is 0.306 e. The van der Waals surface area contributed by atoms with Gasteiger partial charge in [0.1, 0.15) is 0 Å². The minimum absolute atomic E-state index is 0.00612. The van der Waals surface area contributed by atoms with Crippen molar-refractivity contribution in [3.63, 3.8) is 0 Å². The lowest BCUT2D eigenvalue weighted by Crippen LogP contribution is -2.44. The van der Waals surface area contributed by atoms with Gasteiger partial charge in [0.15, 0.2) is 0 Å². The monoisotopic (exact) mass is 328 g/mol. The molecule has 2 saturated carbocycles. The molecule has 0 aliphatic heterocycles. The summed E-state index contributed by atoms with van der Waals surface area (Å²) in [7, 11) is 0. The van der Waals surface area contributed by atoms with Gasteiger partial charge in [0.2, 0.25) is 0 Å². The number of esters is 1. The molecule has 0 amide bonds. The van der Waals surface area contributed by atoms with E-state index in [2.05, 4.69) is 19.1 Å². The van der Waals surface area contributed by atoms with Gasteiger partial charge < -0.3 is 4.74 Å². The van der Waals surface area contributed by atoms with Crippen LogP contribution in [-0.2, 0) is 9.53 Å². The fourth-order valence-corrected chi connectivity index (χ4v) is 6.60. The van der Waals surface area contributed by atoms with Gasteiger partial charge in [0.05, 0.1) is 13.0 Å². The van der Waals surface area contributed by atoms with Gasteiger partial charge in [0, 0.05) is 5.41 Å². The fourth-order valence-electron chi connectivity index (χ4n) is 6.60. The van der Waals surface area contributed by atoms with E-state index < -0.39 is 0 Å². The molecule has 4 rings (SSSR count). The Morgan fingerprint density at radius 2 is 2.12 bits per heavy atom. The second-order valence-electron chi connectivity index (χ2n) is 8.85. The molecule has 0 saturated heterocycles. The van der Waals surface area contributed by atoms with E-state index in [-0.39, 0.29) is 11.4 Å². The minimum Gasteiger partial charge on any atom is -0.466 e. The second kappa shape index (κ2) is 6.04. The molecule has 4 aliphatic carbocycles. The highest BCUT2D eigenvalue weighted by molar-refractivity contribution is 5.72. The van der Waals surface area contributed by atoms with E-state index in [9.17, 15) is 4.79 Å². The van der Waals surface area contributed by atoms with Crippen LogP contribution in [0.5, 0.6) is 0 Å². The summed E-state index contributed by atoms with van der Waals surface area (Å²) in [6.07, 6.45) is 17.1. The average molecular weight is 328 g/mol. The first-order valence-corrected chi connectivity index (χ1v) is 10.1. The van der Waals surface area contributed by atoms with Gasteiger partial charge in [-0.3, -0.25) is 4.79 Å². The summed E-state index contributed by atoms with van der Waals surface area (Å²) in [5, 5.41) is 0. The Morgan fingerprint density at radius 1 is 1.25 bits per heavy atom. The lowest BCUT2D eigenvalue weighted by atomic mass is 9.51. The van der Waals surface area contributed by atoms with E-state index in [0.29, 0.717) is 18.4 Å². The van der Waals surface area contributed by atoms with E-state index in [1.807, 2.05) is 6.92 Å². The van der Waals surface area contributed by atoms with Crippen molar-refractivity contribution in [3.05, 3.63) is 23.3 Å². The lowest BCUT2D eigenvalue weighted by Gasteiger charge is -2.53. The van der Waals surface area contributed by atoms with Gasteiger partial charge in [-0.15, -0.1) is 0 Å². The van der Waals surface area contributed by atoms with Crippen LogP contribution in [0.15, 0.2) is 23.3 Å². The molecule has 132 valence electrons. The summed E-state index contributed by atoms with van der Waals surface area (Å²) < 4.78 is 5.38. The molecular formula is C22H32O2. The van der Waals surface area contributed by atoms with Gasteiger partial charge in [0.25, 0.3) is 0 Å². The van der Waals surface area contributed by atoms with Crippen LogP contribution in [0, 0.1) is 22.7 Å². The molecule has 4 atom stereocenters. The van der Waals surface area contributed by atoms with Crippen LogP contribution >= 0.6 is 0 Å². The molecule has 0 aromatic carbocycles. The Kier molecular flexibility index (Phi) is 4.13. The summed E-state index contributed by atoms with van der Waals surface area (Å²) in [6, 6.07) is 0. The van der Waals surface area contributed by atoms with E-state index >= 15 is 0 Å². The van der Waals surface area contributed by atoms with Crippen LogP contribution < -0.4 is 0 Å². The first kappa shape index (κ1) is 16.4. The number of fused-ring (bicyclic) bond motifs is 5. The molecule has 2 heteroatoms. The minimum atomic E-state index is 0.00612. The number of ether oxygens (including phenoxy) is 1. The standard InChI is InChI=1S/C22H32O2/c1-3-24-20(23)15-22-13-5-4-7-16(22)9-10-17-18-8-6-12-21(18,2)14-11-19(17)22/h7,11,17-18H,3-6,8-10,12-15H2,1-2H3/t17-,18-,21-,22+/m0/s1. The van der Waals surface area contributed by atoms with Gasteiger partial charge in [-0.2, -0.15) is 0 Å². The largest absolute Gasteiger partial charge is 0.466 e. The van der Waals surface area contributed by atoms with Crippen molar-refractivity contribution < 1.29 is 9.53 Å².